The van der Waals surface area contributed by atoms with E-state index in [2.05, 4.69) is 15.9 Å². The molecule has 1 aromatic rings. The number of halogens is 1. The highest BCUT2D eigenvalue weighted by molar-refractivity contribution is 9.10. The minimum atomic E-state index is -0.556. The molecule has 1 heterocycles. The largest absolute Gasteiger partial charge is 0.444 e. The van der Waals surface area contributed by atoms with Gasteiger partial charge < -0.3 is 9.47 Å². The summed E-state index contributed by atoms with van der Waals surface area (Å²) in [5, 5.41) is 0. The summed E-state index contributed by atoms with van der Waals surface area (Å²) < 4.78 is 12.1. The fourth-order valence-corrected chi connectivity index (χ4v) is 1.98. The van der Waals surface area contributed by atoms with Crippen LogP contribution in [0.25, 0.3) is 0 Å². The molecule has 0 amide bonds. The molecule has 1 rings (SSSR count). The SMILES string of the molecule is COC[C@H](C)n1c(=O)c(Br)cn(COC(C)=O)c1=O. The molecule has 0 spiro atoms. The Morgan fingerprint density at radius 3 is 2.63 bits per heavy atom. The molecule has 8 heteroatoms. The van der Waals surface area contributed by atoms with Gasteiger partial charge in [0.2, 0.25) is 0 Å². The number of nitrogens with zero attached hydrogens (tertiary/aromatic N) is 2. The number of rotatable bonds is 5. The van der Waals surface area contributed by atoms with Gasteiger partial charge in [-0.25, -0.2) is 4.79 Å². The summed E-state index contributed by atoms with van der Waals surface area (Å²) >= 11 is 3.08. The van der Waals surface area contributed by atoms with E-state index in [4.69, 9.17) is 9.47 Å². The van der Waals surface area contributed by atoms with Crippen LogP contribution in [-0.4, -0.2) is 28.8 Å². The van der Waals surface area contributed by atoms with Crippen molar-refractivity contribution < 1.29 is 14.3 Å². The molecular weight excluding hydrogens is 320 g/mol. The molecular formula is C11H15BrN2O5. The number of methoxy groups -OCH3 is 1. The lowest BCUT2D eigenvalue weighted by molar-refractivity contribution is -0.144. The predicted molar refractivity (Wildman–Crippen MR) is 71.0 cm³/mol. The van der Waals surface area contributed by atoms with Gasteiger partial charge in [-0.05, 0) is 22.9 Å². The number of hydrogen-bond acceptors (Lipinski definition) is 5. The van der Waals surface area contributed by atoms with Crippen LogP contribution in [0.3, 0.4) is 0 Å². The van der Waals surface area contributed by atoms with E-state index in [0.29, 0.717) is 0 Å². The van der Waals surface area contributed by atoms with Gasteiger partial charge in [-0.15, -0.1) is 0 Å². The quantitative estimate of drug-likeness (QED) is 0.732. The van der Waals surface area contributed by atoms with Gasteiger partial charge in [0.15, 0.2) is 6.73 Å². The first-order valence-corrected chi connectivity index (χ1v) is 6.31. The molecule has 0 unspecified atom stereocenters. The third-order valence-corrected chi connectivity index (χ3v) is 2.94. The lowest BCUT2D eigenvalue weighted by Gasteiger charge is -2.16. The lowest BCUT2D eigenvalue weighted by Crippen LogP contribution is -2.43. The number of esters is 1. The van der Waals surface area contributed by atoms with Gasteiger partial charge in [-0.2, -0.15) is 0 Å². The molecule has 0 fully saturated rings. The fraction of sp³-hybridized carbons (Fsp3) is 0.545. The van der Waals surface area contributed by atoms with E-state index in [1.165, 1.54) is 20.2 Å². The first-order chi connectivity index (χ1) is 8.88. The third-order valence-electron chi connectivity index (χ3n) is 2.40. The van der Waals surface area contributed by atoms with Gasteiger partial charge in [-0.3, -0.25) is 18.7 Å². The van der Waals surface area contributed by atoms with Crippen molar-refractivity contribution in [1.82, 2.24) is 9.13 Å². The Morgan fingerprint density at radius 2 is 2.11 bits per heavy atom. The number of aromatic nitrogens is 2. The van der Waals surface area contributed by atoms with Gasteiger partial charge in [0.05, 0.1) is 17.1 Å². The Labute approximate surface area is 117 Å². The number of carbonyl (C=O) groups excluding carboxylic acids is 1. The summed E-state index contributed by atoms with van der Waals surface area (Å²) in [6.45, 7) is 2.91. The topological polar surface area (TPSA) is 79.5 Å². The molecule has 1 atom stereocenters. The van der Waals surface area contributed by atoms with E-state index in [-0.39, 0.29) is 17.8 Å². The van der Waals surface area contributed by atoms with Crippen molar-refractivity contribution in [1.29, 1.82) is 0 Å². The minimum absolute atomic E-state index is 0.210. The van der Waals surface area contributed by atoms with Crippen molar-refractivity contribution in [3.05, 3.63) is 31.5 Å². The first kappa shape index (κ1) is 15.6. The fourth-order valence-electron chi connectivity index (χ4n) is 1.54. The highest BCUT2D eigenvalue weighted by Crippen LogP contribution is 2.04. The van der Waals surface area contributed by atoms with E-state index in [9.17, 15) is 14.4 Å². The number of hydrogen-bond donors (Lipinski definition) is 0. The average molecular weight is 335 g/mol. The van der Waals surface area contributed by atoms with E-state index in [1.807, 2.05) is 0 Å². The summed E-state index contributed by atoms with van der Waals surface area (Å²) in [4.78, 5) is 34.8. The van der Waals surface area contributed by atoms with Crippen LogP contribution in [0.5, 0.6) is 0 Å². The third kappa shape index (κ3) is 3.77. The van der Waals surface area contributed by atoms with Gasteiger partial charge >= 0.3 is 11.7 Å². The Kier molecular flexibility index (Phi) is 5.49. The van der Waals surface area contributed by atoms with Gasteiger partial charge in [0.1, 0.15) is 0 Å². The Morgan fingerprint density at radius 1 is 1.47 bits per heavy atom. The molecule has 1 aromatic heterocycles. The molecule has 0 radical (unpaired) electrons. The second-order valence-electron chi connectivity index (χ2n) is 3.97. The Bertz CT molecular complexity index is 577. The van der Waals surface area contributed by atoms with Crippen LogP contribution in [0.2, 0.25) is 0 Å². The van der Waals surface area contributed by atoms with E-state index < -0.39 is 23.3 Å². The zero-order valence-corrected chi connectivity index (χ0v) is 12.5. The lowest BCUT2D eigenvalue weighted by atomic mass is 10.3. The molecule has 0 bridgehead atoms. The van der Waals surface area contributed by atoms with Gasteiger partial charge in [-0.1, -0.05) is 0 Å². The Hall–Kier alpha value is -1.41. The average Bonchev–Trinajstić information content (AvgIpc) is 2.32. The summed E-state index contributed by atoms with van der Waals surface area (Å²) in [6.07, 6.45) is 1.30. The maximum Gasteiger partial charge on any atom is 0.334 e. The van der Waals surface area contributed by atoms with Crippen LogP contribution < -0.4 is 11.2 Å². The van der Waals surface area contributed by atoms with E-state index in [1.54, 1.807) is 6.92 Å². The van der Waals surface area contributed by atoms with E-state index in [0.717, 1.165) is 9.13 Å². The molecule has 0 aliphatic rings. The molecule has 19 heavy (non-hydrogen) atoms. The van der Waals surface area contributed by atoms with Crippen LogP contribution in [0, 0.1) is 0 Å². The van der Waals surface area contributed by atoms with E-state index >= 15 is 0 Å². The van der Waals surface area contributed by atoms with Crippen LogP contribution in [0.4, 0.5) is 0 Å². The molecule has 0 N–H and O–H groups in total. The second-order valence-corrected chi connectivity index (χ2v) is 4.83. The zero-order valence-electron chi connectivity index (χ0n) is 10.9. The number of ether oxygens (including phenoxy) is 2. The molecule has 106 valence electrons. The van der Waals surface area contributed by atoms with Gasteiger partial charge in [0.25, 0.3) is 5.56 Å². The molecule has 0 saturated carbocycles. The minimum Gasteiger partial charge on any atom is -0.444 e. The van der Waals surface area contributed by atoms with Crippen molar-refractivity contribution in [3.63, 3.8) is 0 Å². The summed E-state index contributed by atoms with van der Waals surface area (Å²) in [5.74, 6) is -0.509. The maximum absolute atomic E-state index is 12.1. The number of carbonyl (C=O) groups is 1. The predicted octanol–water partition coefficient (Wildman–Crippen LogP) is 0.501. The van der Waals surface area contributed by atoms with Gasteiger partial charge in [0, 0.05) is 20.2 Å². The van der Waals surface area contributed by atoms with Crippen molar-refractivity contribution in [2.75, 3.05) is 13.7 Å². The summed E-state index contributed by atoms with van der Waals surface area (Å²) in [5.41, 5.74) is -1.01. The molecule has 7 nitrogen and oxygen atoms in total. The molecule has 0 aliphatic carbocycles. The van der Waals surface area contributed by atoms with Crippen LogP contribution in [0.15, 0.2) is 20.3 Å². The molecule has 0 saturated heterocycles. The monoisotopic (exact) mass is 334 g/mol. The molecule has 0 aromatic carbocycles. The normalized spacial score (nSPS) is 12.2. The molecule has 0 aliphatic heterocycles. The highest BCUT2D eigenvalue weighted by atomic mass is 79.9. The Balaban J connectivity index is 3.26. The van der Waals surface area contributed by atoms with Crippen molar-refractivity contribution in [2.24, 2.45) is 0 Å². The van der Waals surface area contributed by atoms with Crippen molar-refractivity contribution >= 4 is 21.9 Å². The first-order valence-electron chi connectivity index (χ1n) is 5.52. The van der Waals surface area contributed by atoms with Crippen LogP contribution >= 0.6 is 15.9 Å². The summed E-state index contributed by atoms with van der Waals surface area (Å²) in [7, 11) is 1.48. The smallest absolute Gasteiger partial charge is 0.334 e. The van der Waals surface area contributed by atoms with Crippen molar-refractivity contribution in [2.45, 2.75) is 26.6 Å². The van der Waals surface area contributed by atoms with Crippen molar-refractivity contribution in [3.8, 4) is 0 Å². The second kappa shape index (κ2) is 6.67. The van der Waals surface area contributed by atoms with Crippen LogP contribution in [0.1, 0.15) is 19.9 Å². The summed E-state index contributed by atoms with van der Waals surface area (Å²) in [6, 6.07) is -0.425. The zero-order chi connectivity index (χ0) is 14.6. The maximum atomic E-state index is 12.1. The van der Waals surface area contributed by atoms with Crippen LogP contribution in [-0.2, 0) is 21.0 Å². The standard InChI is InChI=1S/C11H15BrN2O5/c1-7(5-18-3)14-10(16)9(12)4-13(11(14)17)6-19-8(2)15/h4,7H,5-6H2,1-3H3/t7-/m0/s1. The highest BCUT2D eigenvalue weighted by Gasteiger charge is 2.15.